The van der Waals surface area contributed by atoms with Gasteiger partial charge in [-0.2, -0.15) is 0 Å². The lowest BCUT2D eigenvalue weighted by molar-refractivity contribution is -0.121. The summed E-state index contributed by atoms with van der Waals surface area (Å²) in [5, 5.41) is 3.15. The van der Waals surface area contributed by atoms with Crippen LogP contribution in [0.5, 0.6) is 0 Å². The molecule has 3 aromatic rings. The molecular weight excluding hydrogens is 514 g/mol. The zero-order valence-electron chi connectivity index (χ0n) is 18.6. The average molecular weight is 535 g/mol. The smallest absolute Gasteiger partial charge is 0.253 e. The van der Waals surface area contributed by atoms with Gasteiger partial charge in [-0.25, -0.2) is 12.8 Å². The molecule has 6 nitrogen and oxygen atoms in total. The quantitative estimate of drug-likeness (QED) is 0.491. The van der Waals surface area contributed by atoms with Gasteiger partial charge in [-0.15, -0.1) is 0 Å². The van der Waals surface area contributed by atoms with E-state index in [1.54, 1.807) is 30.3 Å². The Kier molecular flexibility index (Phi) is 7.17. The highest BCUT2D eigenvalue weighted by Gasteiger charge is 2.34. The van der Waals surface area contributed by atoms with Crippen molar-refractivity contribution in [2.75, 3.05) is 17.7 Å². The summed E-state index contributed by atoms with van der Waals surface area (Å²) < 4.78 is 40.9. The second-order valence-electron chi connectivity index (χ2n) is 8.20. The lowest BCUT2D eigenvalue weighted by Crippen LogP contribution is -2.52. The summed E-state index contributed by atoms with van der Waals surface area (Å²) in [5.41, 5.74) is 0.742. The average Bonchev–Trinajstić information content (AvgIpc) is 2.80. The van der Waals surface area contributed by atoms with E-state index in [9.17, 15) is 18.0 Å². The number of carbonyl (C=O) groups is 2. The normalized spacial score (nSPS) is 16.3. The Balaban J connectivity index is 1.67. The first-order valence-corrected chi connectivity index (χ1v) is 13.4. The van der Waals surface area contributed by atoms with Crippen molar-refractivity contribution in [3.05, 3.63) is 82.1 Å². The number of amides is 2. The number of halogens is 3. The van der Waals surface area contributed by atoms with E-state index in [1.165, 1.54) is 35.2 Å². The van der Waals surface area contributed by atoms with Crippen LogP contribution >= 0.6 is 23.2 Å². The Labute approximate surface area is 212 Å². The molecule has 1 N–H and O–H groups in total. The van der Waals surface area contributed by atoms with Crippen LogP contribution < -0.4 is 10.2 Å². The number of anilines is 1. The third kappa shape index (κ3) is 5.19. The summed E-state index contributed by atoms with van der Waals surface area (Å²) in [4.78, 5) is 26.7. The van der Waals surface area contributed by atoms with Crippen LogP contribution in [0.1, 0.15) is 23.2 Å². The molecule has 35 heavy (non-hydrogen) atoms. The highest BCUT2D eigenvalue weighted by Crippen LogP contribution is 2.36. The Morgan fingerprint density at radius 3 is 2.46 bits per heavy atom. The first-order chi connectivity index (χ1) is 16.6. The van der Waals surface area contributed by atoms with Crippen molar-refractivity contribution in [2.24, 2.45) is 0 Å². The van der Waals surface area contributed by atoms with E-state index in [0.717, 1.165) is 6.26 Å². The number of rotatable bonds is 5. The number of carbonyl (C=O) groups excluding carboxylic acids is 2. The number of hydrogen-bond acceptors (Lipinski definition) is 4. The molecule has 0 aromatic heterocycles. The summed E-state index contributed by atoms with van der Waals surface area (Å²) in [6.45, 7) is 0.178. The monoisotopic (exact) mass is 534 g/mol. The molecule has 1 unspecified atom stereocenters. The van der Waals surface area contributed by atoms with Gasteiger partial charge in [0.2, 0.25) is 5.91 Å². The van der Waals surface area contributed by atoms with Crippen LogP contribution in [0.4, 0.5) is 10.1 Å². The van der Waals surface area contributed by atoms with E-state index in [1.807, 2.05) is 0 Å². The van der Waals surface area contributed by atoms with Crippen LogP contribution in [0.2, 0.25) is 10.0 Å². The first kappa shape index (κ1) is 25.2. The number of piperidine rings is 1. The number of benzene rings is 3. The predicted octanol–water partition coefficient (Wildman–Crippen LogP) is 5.13. The molecule has 0 bridgehead atoms. The number of hydrogen-bond donors (Lipinski definition) is 1. The molecule has 0 spiro atoms. The van der Waals surface area contributed by atoms with Gasteiger partial charge in [0.1, 0.15) is 10.9 Å². The Bertz CT molecular complexity index is 1410. The van der Waals surface area contributed by atoms with Gasteiger partial charge in [0, 0.05) is 23.4 Å². The second-order valence-corrected chi connectivity index (χ2v) is 11.0. The summed E-state index contributed by atoms with van der Waals surface area (Å²) in [6, 6.07) is 14.9. The van der Waals surface area contributed by atoms with Crippen LogP contribution in [0, 0.1) is 5.82 Å². The van der Waals surface area contributed by atoms with Crippen LogP contribution in [0.25, 0.3) is 11.1 Å². The van der Waals surface area contributed by atoms with Gasteiger partial charge < -0.3 is 10.2 Å². The van der Waals surface area contributed by atoms with Crippen LogP contribution in [0.3, 0.4) is 0 Å². The molecule has 1 heterocycles. The molecule has 2 amide bonds. The molecule has 182 valence electrons. The minimum absolute atomic E-state index is 0.135. The Morgan fingerprint density at radius 1 is 1.09 bits per heavy atom. The van der Waals surface area contributed by atoms with Gasteiger partial charge in [0.15, 0.2) is 15.7 Å². The topological polar surface area (TPSA) is 83.6 Å². The summed E-state index contributed by atoms with van der Waals surface area (Å²) >= 11 is 12.0. The molecule has 3 aromatic carbocycles. The van der Waals surface area contributed by atoms with E-state index < -0.39 is 38.4 Å². The summed E-state index contributed by atoms with van der Waals surface area (Å²) in [6.07, 6.45) is 1.74. The van der Waals surface area contributed by atoms with Gasteiger partial charge in [0.25, 0.3) is 5.91 Å². The van der Waals surface area contributed by atoms with E-state index in [4.69, 9.17) is 23.2 Å². The second kappa shape index (κ2) is 9.97. The van der Waals surface area contributed by atoms with Crippen molar-refractivity contribution in [2.45, 2.75) is 23.8 Å². The molecule has 4 rings (SSSR count). The molecule has 1 fully saturated rings. The van der Waals surface area contributed by atoms with Crippen LogP contribution in [0.15, 0.2) is 65.6 Å². The molecule has 10 heteroatoms. The van der Waals surface area contributed by atoms with Crippen LogP contribution in [-0.4, -0.2) is 39.1 Å². The SMILES string of the molecule is CS(=O)(=O)c1c(-c2ccccc2)ccc(N2CCCC(NC(=O)c3ccc(Cl)cc3Cl)C2=O)c1F. The van der Waals surface area contributed by atoms with Gasteiger partial charge >= 0.3 is 0 Å². The fourth-order valence-electron chi connectivity index (χ4n) is 4.12. The van der Waals surface area contributed by atoms with E-state index in [2.05, 4.69) is 5.32 Å². The maximum Gasteiger partial charge on any atom is 0.253 e. The fourth-order valence-corrected chi connectivity index (χ4v) is 5.63. The maximum atomic E-state index is 15.7. The van der Waals surface area contributed by atoms with Crippen molar-refractivity contribution < 1.29 is 22.4 Å². The lowest BCUT2D eigenvalue weighted by Gasteiger charge is -2.33. The third-order valence-corrected chi connectivity index (χ3v) is 7.43. The fraction of sp³-hybridized carbons (Fsp3) is 0.200. The predicted molar refractivity (Wildman–Crippen MR) is 134 cm³/mol. The minimum atomic E-state index is -3.98. The molecular formula is C25H21Cl2FN2O4S. The lowest BCUT2D eigenvalue weighted by atomic mass is 10.0. The zero-order valence-corrected chi connectivity index (χ0v) is 20.9. The van der Waals surface area contributed by atoms with Crippen LogP contribution in [-0.2, 0) is 14.6 Å². The van der Waals surface area contributed by atoms with E-state index >= 15 is 4.39 Å². The summed E-state index contributed by atoms with van der Waals surface area (Å²) in [5.74, 6) is -2.11. The Morgan fingerprint density at radius 2 is 1.80 bits per heavy atom. The molecule has 1 atom stereocenters. The largest absolute Gasteiger partial charge is 0.340 e. The summed E-state index contributed by atoms with van der Waals surface area (Å²) in [7, 11) is -3.98. The standard InChI is InChI=1S/C25H21Cl2FN2O4S/c1-35(33,34)23-17(15-6-3-2-4-7-15)11-12-21(22(23)28)30-13-5-8-20(25(30)32)29-24(31)18-10-9-16(26)14-19(18)27/h2-4,6-7,9-12,14,20H,5,8,13H2,1H3,(H,29,31). The van der Waals surface area contributed by atoms with Gasteiger partial charge in [-0.1, -0.05) is 59.6 Å². The van der Waals surface area contributed by atoms with Crippen molar-refractivity contribution >= 4 is 50.5 Å². The third-order valence-electron chi connectivity index (χ3n) is 5.74. The molecule has 1 aliphatic heterocycles. The van der Waals surface area contributed by atoms with Crippen molar-refractivity contribution in [1.29, 1.82) is 0 Å². The molecule has 0 radical (unpaired) electrons. The van der Waals surface area contributed by atoms with Gasteiger partial charge in [-0.3, -0.25) is 9.59 Å². The molecule has 0 saturated carbocycles. The molecule has 0 aliphatic carbocycles. The van der Waals surface area contributed by atoms with Crippen molar-refractivity contribution in [3.8, 4) is 11.1 Å². The highest BCUT2D eigenvalue weighted by molar-refractivity contribution is 7.90. The Hall–Kier alpha value is -2.94. The number of nitrogens with one attached hydrogen (secondary N) is 1. The first-order valence-electron chi connectivity index (χ1n) is 10.7. The highest BCUT2D eigenvalue weighted by atomic mass is 35.5. The number of sulfone groups is 1. The minimum Gasteiger partial charge on any atom is -0.340 e. The molecule has 1 aliphatic rings. The van der Waals surface area contributed by atoms with Crippen molar-refractivity contribution in [3.63, 3.8) is 0 Å². The van der Waals surface area contributed by atoms with Gasteiger partial charge in [0.05, 0.1) is 16.3 Å². The van der Waals surface area contributed by atoms with E-state index in [-0.39, 0.29) is 28.4 Å². The van der Waals surface area contributed by atoms with E-state index in [0.29, 0.717) is 23.4 Å². The van der Waals surface area contributed by atoms with Crippen molar-refractivity contribution in [1.82, 2.24) is 5.32 Å². The zero-order chi connectivity index (χ0) is 25.3. The van der Waals surface area contributed by atoms with Gasteiger partial charge in [-0.05, 0) is 42.7 Å². The molecule has 1 saturated heterocycles. The maximum absolute atomic E-state index is 15.7. The number of nitrogens with zero attached hydrogens (tertiary/aromatic N) is 1.